The lowest BCUT2D eigenvalue weighted by molar-refractivity contribution is 0.473. The first-order valence-corrected chi connectivity index (χ1v) is 7.25. The molecule has 0 radical (unpaired) electrons. The molecule has 0 aliphatic heterocycles. The summed E-state index contributed by atoms with van der Waals surface area (Å²) in [6.07, 6.45) is 1.24. The predicted molar refractivity (Wildman–Crippen MR) is 81.6 cm³/mol. The van der Waals surface area contributed by atoms with Gasteiger partial charge in [0.1, 0.15) is 0 Å². The number of aliphatic imine (C=N–C) groups is 1. The number of nitrogens with zero attached hydrogens (tertiary/aromatic N) is 2. The summed E-state index contributed by atoms with van der Waals surface area (Å²) in [6.45, 7) is 5.87. The van der Waals surface area contributed by atoms with Crippen LogP contribution in [0.2, 0.25) is 5.02 Å². The molecule has 1 N–H and O–H groups in total. The molecular weight excluding hydrogens is 258 g/mol. The third-order valence-electron chi connectivity index (χ3n) is 3.46. The van der Waals surface area contributed by atoms with Gasteiger partial charge in [0.05, 0.1) is 0 Å². The molecule has 1 aromatic carbocycles. The zero-order chi connectivity index (χ0) is 13.8. The highest BCUT2D eigenvalue weighted by molar-refractivity contribution is 6.31. The highest BCUT2D eigenvalue weighted by atomic mass is 35.5. The molecule has 0 heterocycles. The van der Waals surface area contributed by atoms with E-state index >= 15 is 0 Å². The number of nitrogens with one attached hydrogen (secondary N) is 1. The van der Waals surface area contributed by atoms with E-state index in [1.807, 2.05) is 18.2 Å². The Labute approximate surface area is 120 Å². The fourth-order valence-electron chi connectivity index (χ4n) is 2.07. The standard InChI is InChI=1S/C15H22ClN3/c1-4-17-15(18-14-9-11(14)2)19(3)10-12-7-5-6-8-13(12)16/h5-8,11,14H,4,9-10H2,1-3H3,(H,17,18). The van der Waals surface area contributed by atoms with Gasteiger partial charge in [0.15, 0.2) is 5.96 Å². The van der Waals surface area contributed by atoms with E-state index < -0.39 is 0 Å². The Kier molecular flexibility index (Phi) is 4.70. The Morgan fingerprint density at radius 3 is 2.74 bits per heavy atom. The van der Waals surface area contributed by atoms with E-state index in [2.05, 4.69) is 42.2 Å². The van der Waals surface area contributed by atoms with Crippen LogP contribution in [0.15, 0.2) is 29.3 Å². The average Bonchev–Trinajstić information content (AvgIpc) is 3.07. The van der Waals surface area contributed by atoms with Gasteiger partial charge in [0, 0.05) is 31.2 Å². The van der Waals surface area contributed by atoms with E-state index in [1.165, 1.54) is 6.42 Å². The fraction of sp³-hybridized carbons (Fsp3) is 0.533. The Morgan fingerprint density at radius 1 is 1.47 bits per heavy atom. The number of halogens is 1. The lowest BCUT2D eigenvalue weighted by Crippen LogP contribution is -2.40. The molecule has 19 heavy (non-hydrogen) atoms. The van der Waals surface area contributed by atoms with Crippen molar-refractivity contribution in [2.24, 2.45) is 10.9 Å². The third kappa shape index (κ3) is 3.87. The fourth-order valence-corrected chi connectivity index (χ4v) is 2.27. The number of guanidine groups is 1. The molecule has 1 aromatic rings. The Hall–Kier alpha value is -1.22. The van der Waals surface area contributed by atoms with Crippen LogP contribution in [0.4, 0.5) is 0 Å². The molecule has 1 saturated carbocycles. The van der Waals surface area contributed by atoms with Gasteiger partial charge < -0.3 is 10.2 Å². The predicted octanol–water partition coefficient (Wildman–Crippen LogP) is 3.15. The molecule has 2 unspecified atom stereocenters. The summed E-state index contributed by atoms with van der Waals surface area (Å²) in [6, 6.07) is 8.54. The van der Waals surface area contributed by atoms with E-state index in [9.17, 15) is 0 Å². The molecular formula is C15H22ClN3. The molecule has 2 rings (SSSR count). The number of hydrogen-bond acceptors (Lipinski definition) is 1. The van der Waals surface area contributed by atoms with Crippen molar-refractivity contribution >= 4 is 17.6 Å². The van der Waals surface area contributed by atoms with Crippen LogP contribution in [-0.4, -0.2) is 30.5 Å². The molecule has 2 atom stereocenters. The van der Waals surface area contributed by atoms with E-state index in [4.69, 9.17) is 11.6 Å². The summed E-state index contributed by atoms with van der Waals surface area (Å²) in [4.78, 5) is 6.69. The zero-order valence-corrected chi connectivity index (χ0v) is 12.6. The Morgan fingerprint density at radius 2 is 2.16 bits per heavy atom. The summed E-state index contributed by atoms with van der Waals surface area (Å²) in [7, 11) is 2.05. The summed E-state index contributed by atoms with van der Waals surface area (Å²) >= 11 is 6.20. The van der Waals surface area contributed by atoms with Gasteiger partial charge in [-0.1, -0.05) is 36.7 Å². The first kappa shape index (κ1) is 14.2. The number of rotatable bonds is 4. The maximum Gasteiger partial charge on any atom is 0.194 e. The van der Waals surface area contributed by atoms with Crippen molar-refractivity contribution in [3.8, 4) is 0 Å². The van der Waals surface area contributed by atoms with Crippen LogP contribution in [-0.2, 0) is 6.54 Å². The molecule has 0 spiro atoms. The van der Waals surface area contributed by atoms with Crippen molar-refractivity contribution in [1.82, 2.24) is 10.2 Å². The molecule has 1 aliphatic rings. The molecule has 1 fully saturated rings. The van der Waals surface area contributed by atoms with Crippen molar-refractivity contribution in [2.75, 3.05) is 13.6 Å². The minimum Gasteiger partial charge on any atom is -0.353 e. The van der Waals surface area contributed by atoms with Gasteiger partial charge in [-0.05, 0) is 30.9 Å². The second-order valence-electron chi connectivity index (χ2n) is 5.21. The maximum atomic E-state index is 6.20. The van der Waals surface area contributed by atoms with Gasteiger partial charge in [-0.15, -0.1) is 0 Å². The smallest absolute Gasteiger partial charge is 0.194 e. The van der Waals surface area contributed by atoms with E-state index in [1.54, 1.807) is 0 Å². The highest BCUT2D eigenvalue weighted by Crippen LogP contribution is 2.29. The second-order valence-corrected chi connectivity index (χ2v) is 5.62. The molecule has 0 amide bonds. The van der Waals surface area contributed by atoms with Crippen molar-refractivity contribution in [1.29, 1.82) is 0 Å². The van der Waals surface area contributed by atoms with Crippen molar-refractivity contribution in [2.45, 2.75) is 32.9 Å². The quantitative estimate of drug-likeness (QED) is 0.677. The molecule has 3 nitrogen and oxygen atoms in total. The van der Waals surface area contributed by atoms with Crippen LogP contribution in [0.3, 0.4) is 0 Å². The van der Waals surface area contributed by atoms with E-state index in [-0.39, 0.29) is 0 Å². The van der Waals surface area contributed by atoms with Crippen LogP contribution in [0.5, 0.6) is 0 Å². The molecule has 1 aliphatic carbocycles. The van der Waals surface area contributed by atoms with Gasteiger partial charge in [-0.2, -0.15) is 0 Å². The minimum atomic E-state index is 0.582. The van der Waals surface area contributed by atoms with Crippen LogP contribution in [0.1, 0.15) is 25.8 Å². The van der Waals surface area contributed by atoms with Crippen LogP contribution >= 0.6 is 11.6 Å². The Balaban J connectivity index is 2.01. The van der Waals surface area contributed by atoms with Crippen LogP contribution in [0.25, 0.3) is 0 Å². The summed E-state index contributed by atoms with van der Waals surface area (Å²) in [5.74, 6) is 1.73. The summed E-state index contributed by atoms with van der Waals surface area (Å²) in [5.41, 5.74) is 1.13. The van der Waals surface area contributed by atoms with Gasteiger partial charge >= 0.3 is 0 Å². The van der Waals surface area contributed by atoms with Crippen molar-refractivity contribution < 1.29 is 0 Å². The highest BCUT2D eigenvalue weighted by Gasteiger charge is 2.33. The van der Waals surface area contributed by atoms with Crippen LogP contribution < -0.4 is 5.32 Å². The summed E-state index contributed by atoms with van der Waals surface area (Å²) < 4.78 is 0. The monoisotopic (exact) mass is 279 g/mol. The lowest BCUT2D eigenvalue weighted by Gasteiger charge is -2.23. The van der Waals surface area contributed by atoms with Gasteiger partial charge in [0.2, 0.25) is 0 Å². The first-order valence-electron chi connectivity index (χ1n) is 6.87. The van der Waals surface area contributed by atoms with Crippen molar-refractivity contribution in [3.05, 3.63) is 34.9 Å². The van der Waals surface area contributed by atoms with Gasteiger partial charge in [-0.25, -0.2) is 0 Å². The van der Waals surface area contributed by atoms with E-state index in [0.29, 0.717) is 6.04 Å². The van der Waals surface area contributed by atoms with Crippen molar-refractivity contribution in [3.63, 3.8) is 0 Å². The Bertz CT molecular complexity index is 458. The minimum absolute atomic E-state index is 0.582. The normalized spacial score (nSPS) is 22.2. The summed E-state index contributed by atoms with van der Waals surface area (Å²) in [5, 5.41) is 4.32. The third-order valence-corrected chi connectivity index (χ3v) is 3.83. The van der Waals surface area contributed by atoms with Gasteiger partial charge in [0.25, 0.3) is 0 Å². The van der Waals surface area contributed by atoms with Crippen LogP contribution in [0, 0.1) is 5.92 Å². The number of hydrogen-bond donors (Lipinski definition) is 1. The molecule has 104 valence electrons. The molecule has 0 bridgehead atoms. The van der Waals surface area contributed by atoms with Gasteiger partial charge in [-0.3, -0.25) is 4.99 Å². The molecule has 0 saturated heterocycles. The maximum absolute atomic E-state index is 6.20. The second kappa shape index (κ2) is 6.29. The first-order chi connectivity index (χ1) is 9.11. The zero-order valence-electron chi connectivity index (χ0n) is 11.9. The molecule has 4 heteroatoms. The lowest BCUT2D eigenvalue weighted by atomic mass is 10.2. The largest absolute Gasteiger partial charge is 0.353 e. The average molecular weight is 280 g/mol. The number of benzene rings is 1. The molecule has 0 aromatic heterocycles. The SMILES string of the molecule is CCN=C(NC1CC1C)N(C)Cc1ccccc1Cl. The topological polar surface area (TPSA) is 27.6 Å². The van der Waals surface area contributed by atoms with E-state index in [0.717, 1.165) is 35.6 Å².